The van der Waals surface area contributed by atoms with Crippen LogP contribution in [-0.4, -0.2) is 30.5 Å². The predicted molar refractivity (Wildman–Crippen MR) is 123 cm³/mol. The van der Waals surface area contributed by atoms with Crippen LogP contribution in [0.3, 0.4) is 0 Å². The number of aryl methyl sites for hydroxylation is 1. The Bertz CT molecular complexity index is 1160. The van der Waals surface area contributed by atoms with E-state index in [1.54, 1.807) is 36.4 Å². The van der Waals surface area contributed by atoms with Crippen LogP contribution in [0, 0.1) is 13.8 Å². The van der Waals surface area contributed by atoms with Gasteiger partial charge in [0.2, 0.25) is 0 Å². The van der Waals surface area contributed by atoms with E-state index >= 15 is 0 Å². The second kappa shape index (κ2) is 11.3. The molecule has 33 heavy (non-hydrogen) atoms. The van der Waals surface area contributed by atoms with E-state index < -0.39 is 11.8 Å². The maximum absolute atomic E-state index is 12.3. The fourth-order valence-electron chi connectivity index (χ4n) is 2.81. The summed E-state index contributed by atoms with van der Waals surface area (Å²) in [5.41, 5.74) is 5.46. The Morgan fingerprint density at radius 3 is 2.61 bits per heavy atom. The largest absolute Gasteiger partial charge is 0.483 e. The summed E-state index contributed by atoms with van der Waals surface area (Å²) in [5.74, 6) is -1.17. The van der Waals surface area contributed by atoms with Crippen molar-refractivity contribution in [2.24, 2.45) is 5.10 Å². The Balaban J connectivity index is 1.51. The molecule has 1 heterocycles. The number of benzene rings is 2. The molecule has 2 aromatic carbocycles. The van der Waals surface area contributed by atoms with Crippen LogP contribution in [0.15, 0.2) is 70.4 Å². The van der Waals surface area contributed by atoms with Gasteiger partial charge in [0.1, 0.15) is 11.5 Å². The molecule has 3 rings (SSSR count). The molecule has 0 fully saturated rings. The second-order valence-corrected chi connectivity index (χ2v) is 7.08. The molecule has 9 heteroatoms. The van der Waals surface area contributed by atoms with E-state index in [0.717, 1.165) is 16.8 Å². The quantitative estimate of drug-likeness (QED) is 0.278. The van der Waals surface area contributed by atoms with Gasteiger partial charge in [-0.25, -0.2) is 5.43 Å². The number of hydrogen-bond acceptors (Lipinski definition) is 6. The summed E-state index contributed by atoms with van der Waals surface area (Å²) in [6, 6.07) is 15.9. The average Bonchev–Trinajstić information content (AvgIpc) is 3.33. The lowest BCUT2D eigenvalue weighted by molar-refractivity contribution is -0.139. The van der Waals surface area contributed by atoms with Crippen molar-refractivity contribution in [1.29, 1.82) is 0 Å². The Morgan fingerprint density at radius 1 is 1.00 bits per heavy atom. The van der Waals surface area contributed by atoms with Crippen molar-refractivity contribution in [3.05, 3.63) is 83.3 Å². The highest BCUT2D eigenvalue weighted by Gasteiger charge is 2.13. The number of ether oxygens (including phenoxy) is 1. The highest BCUT2D eigenvalue weighted by molar-refractivity contribution is 6.35. The first-order valence-electron chi connectivity index (χ1n) is 10.2. The topological polar surface area (TPSA) is 122 Å². The zero-order chi connectivity index (χ0) is 23.6. The van der Waals surface area contributed by atoms with E-state index in [1.807, 2.05) is 32.0 Å². The first kappa shape index (κ1) is 23.3. The molecular formula is C24H24N4O5. The van der Waals surface area contributed by atoms with E-state index in [0.29, 0.717) is 17.1 Å². The molecule has 0 unspecified atom stereocenters. The number of nitrogens with one attached hydrogen (secondary N) is 3. The standard InChI is InChI=1S/C24H24N4O5/c1-16-7-5-10-20(17(16)2)27-22(29)15-33-21-11-4-3-8-18(21)13-26-28-24(31)23(30)25-14-19-9-6-12-32-19/h3-13H,14-15H2,1-2H3,(H,25,30)(H,27,29)(H,28,31)/b26-13-. The molecule has 9 nitrogen and oxygen atoms in total. The number of nitrogens with zero attached hydrogens (tertiary/aromatic N) is 1. The van der Waals surface area contributed by atoms with Gasteiger partial charge in [-0.1, -0.05) is 24.3 Å². The van der Waals surface area contributed by atoms with Crippen molar-refractivity contribution in [2.45, 2.75) is 20.4 Å². The number of rotatable bonds is 8. The summed E-state index contributed by atoms with van der Waals surface area (Å²) in [7, 11) is 0. The van der Waals surface area contributed by atoms with Gasteiger partial charge in [-0.15, -0.1) is 0 Å². The summed E-state index contributed by atoms with van der Waals surface area (Å²) < 4.78 is 10.7. The molecule has 0 spiro atoms. The first-order valence-corrected chi connectivity index (χ1v) is 10.2. The Kier molecular flexibility index (Phi) is 7.96. The average molecular weight is 448 g/mol. The van der Waals surface area contributed by atoms with Crippen LogP contribution in [0.2, 0.25) is 0 Å². The molecule has 0 radical (unpaired) electrons. The van der Waals surface area contributed by atoms with E-state index in [4.69, 9.17) is 9.15 Å². The number of hydrazone groups is 1. The number of para-hydroxylation sites is 1. The van der Waals surface area contributed by atoms with Crippen molar-refractivity contribution < 1.29 is 23.5 Å². The van der Waals surface area contributed by atoms with Crippen LogP contribution < -0.4 is 20.8 Å². The molecule has 0 saturated carbocycles. The maximum Gasteiger partial charge on any atom is 0.329 e. The van der Waals surface area contributed by atoms with Gasteiger partial charge < -0.3 is 19.8 Å². The van der Waals surface area contributed by atoms with E-state index in [2.05, 4.69) is 21.2 Å². The first-order chi connectivity index (χ1) is 15.9. The number of amides is 3. The van der Waals surface area contributed by atoms with Gasteiger partial charge in [0, 0.05) is 11.3 Å². The zero-order valence-corrected chi connectivity index (χ0v) is 18.3. The third-order valence-corrected chi connectivity index (χ3v) is 4.74. The lowest BCUT2D eigenvalue weighted by Crippen LogP contribution is -2.37. The normalized spacial score (nSPS) is 10.6. The number of carbonyl (C=O) groups is 3. The van der Waals surface area contributed by atoms with Crippen LogP contribution >= 0.6 is 0 Å². The molecule has 3 amide bonds. The van der Waals surface area contributed by atoms with Crippen molar-refractivity contribution in [2.75, 3.05) is 11.9 Å². The van der Waals surface area contributed by atoms with Gasteiger partial charge >= 0.3 is 11.8 Å². The van der Waals surface area contributed by atoms with Crippen LogP contribution in [0.5, 0.6) is 5.75 Å². The summed E-state index contributed by atoms with van der Waals surface area (Å²) in [4.78, 5) is 36.0. The minimum atomic E-state index is -0.927. The van der Waals surface area contributed by atoms with Crippen LogP contribution in [-0.2, 0) is 20.9 Å². The van der Waals surface area contributed by atoms with Crippen LogP contribution in [0.1, 0.15) is 22.5 Å². The minimum absolute atomic E-state index is 0.0871. The number of hydrogen-bond donors (Lipinski definition) is 3. The van der Waals surface area contributed by atoms with Gasteiger partial charge in [-0.3, -0.25) is 14.4 Å². The molecule has 3 N–H and O–H groups in total. The molecule has 0 saturated heterocycles. The van der Waals surface area contributed by atoms with Crippen molar-refractivity contribution in [1.82, 2.24) is 10.7 Å². The summed E-state index contributed by atoms with van der Waals surface area (Å²) >= 11 is 0. The molecule has 0 aliphatic rings. The Hall–Kier alpha value is -4.40. The highest BCUT2D eigenvalue weighted by atomic mass is 16.5. The molecule has 0 aliphatic heterocycles. The zero-order valence-electron chi connectivity index (χ0n) is 18.3. The molecule has 0 bridgehead atoms. The number of carbonyl (C=O) groups excluding carboxylic acids is 3. The Morgan fingerprint density at radius 2 is 1.82 bits per heavy atom. The molecule has 170 valence electrons. The SMILES string of the molecule is Cc1cccc(NC(=O)COc2ccccc2/C=N\NC(=O)C(=O)NCc2ccco2)c1C. The fraction of sp³-hybridized carbons (Fsp3) is 0.167. The van der Waals surface area contributed by atoms with Gasteiger partial charge in [-0.05, 0) is 55.3 Å². The van der Waals surface area contributed by atoms with Crippen molar-refractivity contribution in [3.8, 4) is 5.75 Å². The summed E-state index contributed by atoms with van der Waals surface area (Å²) in [5, 5.41) is 9.04. The van der Waals surface area contributed by atoms with Crippen LogP contribution in [0.25, 0.3) is 0 Å². The van der Waals surface area contributed by atoms with Gasteiger partial charge in [0.25, 0.3) is 5.91 Å². The molecule has 1 aromatic heterocycles. The van der Waals surface area contributed by atoms with E-state index in [1.165, 1.54) is 12.5 Å². The van der Waals surface area contributed by atoms with Gasteiger partial charge in [-0.2, -0.15) is 5.10 Å². The van der Waals surface area contributed by atoms with E-state index in [-0.39, 0.29) is 19.1 Å². The van der Waals surface area contributed by atoms with Gasteiger partial charge in [0.15, 0.2) is 6.61 Å². The van der Waals surface area contributed by atoms with Crippen molar-refractivity contribution >= 4 is 29.6 Å². The summed E-state index contributed by atoms with van der Waals surface area (Å²) in [6.07, 6.45) is 2.80. The van der Waals surface area contributed by atoms with Crippen molar-refractivity contribution in [3.63, 3.8) is 0 Å². The lowest BCUT2D eigenvalue weighted by atomic mass is 10.1. The summed E-state index contributed by atoms with van der Waals surface area (Å²) in [6.45, 7) is 3.78. The minimum Gasteiger partial charge on any atom is -0.483 e. The monoisotopic (exact) mass is 448 g/mol. The second-order valence-electron chi connectivity index (χ2n) is 7.08. The molecule has 0 atom stereocenters. The third kappa shape index (κ3) is 6.79. The van der Waals surface area contributed by atoms with E-state index in [9.17, 15) is 14.4 Å². The molecule has 3 aromatic rings. The predicted octanol–water partition coefficient (Wildman–Crippen LogP) is 2.68. The fourth-order valence-corrected chi connectivity index (χ4v) is 2.81. The Labute approximate surface area is 190 Å². The number of anilines is 1. The lowest BCUT2D eigenvalue weighted by Gasteiger charge is -2.12. The molecular weight excluding hydrogens is 424 g/mol. The van der Waals surface area contributed by atoms with Crippen LogP contribution in [0.4, 0.5) is 5.69 Å². The third-order valence-electron chi connectivity index (χ3n) is 4.74. The maximum atomic E-state index is 12.3. The smallest absolute Gasteiger partial charge is 0.329 e. The number of furan rings is 1. The molecule has 0 aliphatic carbocycles. The highest BCUT2D eigenvalue weighted by Crippen LogP contribution is 2.19. The van der Waals surface area contributed by atoms with Gasteiger partial charge in [0.05, 0.1) is 19.0 Å².